The van der Waals surface area contributed by atoms with Crippen molar-refractivity contribution in [2.45, 2.75) is 50.8 Å². The van der Waals surface area contributed by atoms with E-state index in [0.717, 1.165) is 25.7 Å². The van der Waals surface area contributed by atoms with Crippen LogP contribution in [0, 0.1) is 12.3 Å². The molecule has 12 heavy (non-hydrogen) atoms. The normalized spacial score (nSPS) is 31.4. The number of aliphatic hydroxyl groups is 1. The summed E-state index contributed by atoms with van der Waals surface area (Å²) in [5.74, 6) is 2.68. The van der Waals surface area contributed by atoms with Gasteiger partial charge in [0.25, 0.3) is 0 Å². The highest BCUT2D eigenvalue weighted by Gasteiger charge is 2.25. The van der Waals surface area contributed by atoms with Crippen LogP contribution in [-0.2, 0) is 0 Å². The molecule has 1 saturated carbocycles. The molecule has 68 valence electrons. The molecule has 0 aromatic carbocycles. The average Bonchev–Trinajstić information content (AvgIpc) is 2.47. The number of rotatable bonds is 3. The summed E-state index contributed by atoms with van der Waals surface area (Å²) in [5, 5.41) is 12.8. The predicted molar refractivity (Wildman–Crippen MR) is 49.7 cm³/mol. The zero-order valence-corrected chi connectivity index (χ0v) is 7.59. The minimum absolute atomic E-state index is 0.128. The number of hydrogen-bond donors (Lipinski definition) is 2. The van der Waals surface area contributed by atoms with Gasteiger partial charge in [0.05, 0.1) is 12.1 Å². The third-order valence-corrected chi connectivity index (χ3v) is 2.50. The van der Waals surface area contributed by atoms with Crippen molar-refractivity contribution in [3.05, 3.63) is 0 Å². The molecule has 0 aromatic heterocycles. The van der Waals surface area contributed by atoms with Crippen molar-refractivity contribution in [3.8, 4) is 12.3 Å². The molecule has 1 unspecified atom stereocenters. The van der Waals surface area contributed by atoms with Crippen LogP contribution in [0.1, 0.15) is 32.6 Å². The second-order valence-electron chi connectivity index (χ2n) is 3.40. The Bertz CT molecular complexity index is 173. The highest BCUT2D eigenvalue weighted by atomic mass is 16.3. The zero-order chi connectivity index (χ0) is 8.97. The fourth-order valence-corrected chi connectivity index (χ4v) is 1.68. The first-order chi connectivity index (χ1) is 5.77. The first-order valence-corrected chi connectivity index (χ1v) is 4.68. The van der Waals surface area contributed by atoms with E-state index in [1.807, 2.05) is 0 Å². The van der Waals surface area contributed by atoms with Crippen LogP contribution in [0.5, 0.6) is 0 Å². The van der Waals surface area contributed by atoms with Crippen LogP contribution in [0.3, 0.4) is 0 Å². The summed E-state index contributed by atoms with van der Waals surface area (Å²) in [4.78, 5) is 0. The molecular formula is C10H17NO. The fourth-order valence-electron chi connectivity index (χ4n) is 1.68. The largest absolute Gasteiger partial charge is 0.392 e. The number of nitrogens with one attached hydrogen (secondary N) is 1. The monoisotopic (exact) mass is 167 g/mol. The van der Waals surface area contributed by atoms with Crippen LogP contribution in [0.25, 0.3) is 0 Å². The third kappa shape index (κ3) is 2.23. The van der Waals surface area contributed by atoms with Crippen LogP contribution < -0.4 is 5.32 Å². The van der Waals surface area contributed by atoms with Gasteiger partial charge in [-0.3, -0.25) is 5.32 Å². The second-order valence-corrected chi connectivity index (χ2v) is 3.40. The predicted octanol–water partition coefficient (Wildman–Crippen LogP) is 0.901. The molecule has 0 heterocycles. The van der Waals surface area contributed by atoms with Crippen LogP contribution in [0.2, 0.25) is 0 Å². The Morgan fingerprint density at radius 3 is 2.83 bits per heavy atom. The maximum Gasteiger partial charge on any atom is 0.0693 e. The van der Waals surface area contributed by atoms with Gasteiger partial charge in [-0.25, -0.2) is 0 Å². The molecule has 2 heteroatoms. The van der Waals surface area contributed by atoms with Crippen molar-refractivity contribution in [2.24, 2.45) is 0 Å². The number of terminal acetylenes is 1. The quantitative estimate of drug-likeness (QED) is 0.612. The number of aliphatic hydroxyl groups excluding tert-OH is 1. The van der Waals surface area contributed by atoms with Crippen molar-refractivity contribution < 1.29 is 5.11 Å². The first kappa shape index (κ1) is 9.57. The maximum atomic E-state index is 9.50. The van der Waals surface area contributed by atoms with E-state index in [1.165, 1.54) is 0 Å². The number of hydrogen-bond acceptors (Lipinski definition) is 2. The molecule has 1 aliphatic rings. The molecule has 0 aliphatic heterocycles. The van der Waals surface area contributed by atoms with E-state index < -0.39 is 0 Å². The molecule has 3 atom stereocenters. The second kappa shape index (κ2) is 4.49. The molecule has 1 fully saturated rings. The van der Waals surface area contributed by atoms with Crippen molar-refractivity contribution in [3.63, 3.8) is 0 Å². The first-order valence-electron chi connectivity index (χ1n) is 4.68. The van der Waals surface area contributed by atoms with E-state index >= 15 is 0 Å². The molecule has 0 aromatic rings. The summed E-state index contributed by atoms with van der Waals surface area (Å²) in [6.07, 6.45) is 9.14. The molecule has 0 spiro atoms. The third-order valence-electron chi connectivity index (χ3n) is 2.50. The van der Waals surface area contributed by atoms with Crippen LogP contribution in [0.15, 0.2) is 0 Å². The molecular weight excluding hydrogens is 150 g/mol. The molecule has 2 nitrogen and oxygen atoms in total. The molecule has 0 bridgehead atoms. The Morgan fingerprint density at radius 2 is 2.42 bits per heavy atom. The van der Waals surface area contributed by atoms with Gasteiger partial charge < -0.3 is 5.11 Å². The Kier molecular flexibility index (Phi) is 3.58. The van der Waals surface area contributed by atoms with Crippen LogP contribution in [-0.4, -0.2) is 23.3 Å². The smallest absolute Gasteiger partial charge is 0.0693 e. The van der Waals surface area contributed by atoms with Crippen molar-refractivity contribution in [1.29, 1.82) is 0 Å². The summed E-state index contributed by atoms with van der Waals surface area (Å²) >= 11 is 0. The Balaban J connectivity index is 2.34. The maximum absolute atomic E-state index is 9.50. The van der Waals surface area contributed by atoms with E-state index in [0.29, 0.717) is 0 Å². The standard InChI is InChI=1S/C10H17NO/c1-3-8(4-2)11-9-6-5-7-10(9)12/h1,8-12H,4-7H2,2H3/t8?,9-,10-/m1/s1. The highest BCUT2D eigenvalue weighted by molar-refractivity contribution is 5.00. The fraction of sp³-hybridized carbons (Fsp3) is 0.800. The van der Waals surface area contributed by atoms with Crippen LogP contribution >= 0.6 is 0 Å². The van der Waals surface area contributed by atoms with Gasteiger partial charge in [0, 0.05) is 6.04 Å². The summed E-state index contributed by atoms with van der Waals surface area (Å²) in [7, 11) is 0. The average molecular weight is 167 g/mol. The van der Waals surface area contributed by atoms with Gasteiger partial charge in [0.1, 0.15) is 0 Å². The molecule has 1 aliphatic carbocycles. The molecule has 2 N–H and O–H groups in total. The van der Waals surface area contributed by atoms with Crippen molar-refractivity contribution >= 4 is 0 Å². The topological polar surface area (TPSA) is 32.3 Å². The van der Waals surface area contributed by atoms with Crippen LogP contribution in [0.4, 0.5) is 0 Å². The Hall–Kier alpha value is -0.520. The van der Waals surface area contributed by atoms with E-state index in [-0.39, 0.29) is 18.2 Å². The summed E-state index contributed by atoms with van der Waals surface area (Å²) in [6, 6.07) is 0.355. The summed E-state index contributed by atoms with van der Waals surface area (Å²) < 4.78 is 0. The lowest BCUT2D eigenvalue weighted by Crippen LogP contribution is -2.41. The Labute approximate surface area is 74.4 Å². The van der Waals surface area contributed by atoms with E-state index in [1.54, 1.807) is 0 Å². The lowest BCUT2D eigenvalue weighted by atomic mass is 10.1. The Morgan fingerprint density at radius 1 is 1.67 bits per heavy atom. The van der Waals surface area contributed by atoms with Gasteiger partial charge in [-0.15, -0.1) is 6.42 Å². The lowest BCUT2D eigenvalue weighted by Gasteiger charge is -2.20. The minimum Gasteiger partial charge on any atom is -0.392 e. The van der Waals surface area contributed by atoms with Gasteiger partial charge in [-0.05, 0) is 25.7 Å². The summed E-state index contributed by atoms with van der Waals surface area (Å²) in [6.45, 7) is 2.05. The van der Waals surface area contributed by atoms with Gasteiger partial charge in [-0.2, -0.15) is 0 Å². The van der Waals surface area contributed by atoms with Crippen molar-refractivity contribution in [2.75, 3.05) is 0 Å². The molecule has 0 amide bonds. The molecule has 0 radical (unpaired) electrons. The molecule has 0 saturated heterocycles. The van der Waals surface area contributed by atoms with Crippen molar-refractivity contribution in [1.82, 2.24) is 5.32 Å². The SMILES string of the molecule is C#CC(CC)N[C@@H]1CCC[C@H]1O. The zero-order valence-electron chi connectivity index (χ0n) is 7.59. The van der Waals surface area contributed by atoms with Gasteiger partial charge in [0.2, 0.25) is 0 Å². The molecule has 1 rings (SSSR count). The van der Waals surface area contributed by atoms with E-state index in [2.05, 4.69) is 18.2 Å². The lowest BCUT2D eigenvalue weighted by molar-refractivity contribution is 0.146. The van der Waals surface area contributed by atoms with Gasteiger partial charge in [-0.1, -0.05) is 12.8 Å². The van der Waals surface area contributed by atoms with E-state index in [4.69, 9.17) is 6.42 Å². The van der Waals surface area contributed by atoms with E-state index in [9.17, 15) is 5.11 Å². The summed E-state index contributed by atoms with van der Waals surface area (Å²) in [5.41, 5.74) is 0. The highest BCUT2D eigenvalue weighted by Crippen LogP contribution is 2.19. The minimum atomic E-state index is -0.188. The van der Waals surface area contributed by atoms with Gasteiger partial charge in [0.15, 0.2) is 0 Å². The van der Waals surface area contributed by atoms with Gasteiger partial charge >= 0.3 is 0 Å².